The van der Waals surface area contributed by atoms with E-state index >= 15 is 0 Å². The van der Waals surface area contributed by atoms with Crippen molar-refractivity contribution in [2.45, 2.75) is 19.4 Å². The Bertz CT molecular complexity index is 282. The number of nitrogens with one attached hydrogen (secondary N) is 1. The molecule has 0 unspecified atom stereocenters. The Labute approximate surface area is 93.8 Å². The van der Waals surface area contributed by atoms with E-state index < -0.39 is 0 Å². The highest BCUT2D eigenvalue weighted by atomic mass is 79.9. The van der Waals surface area contributed by atoms with Crippen LogP contribution in [-0.2, 0) is 0 Å². The monoisotopic (exact) mass is 257 g/mol. The van der Waals surface area contributed by atoms with Gasteiger partial charge in [0.15, 0.2) is 0 Å². The molecule has 0 heterocycles. The zero-order valence-corrected chi connectivity index (χ0v) is 10.4. The summed E-state index contributed by atoms with van der Waals surface area (Å²) in [6, 6.07) is 7.86. The zero-order chi connectivity index (χ0) is 10.6. The first-order chi connectivity index (χ1) is 6.53. The van der Waals surface area contributed by atoms with Gasteiger partial charge in [0.1, 0.15) is 12.4 Å². The van der Waals surface area contributed by atoms with Crippen LogP contribution in [0.15, 0.2) is 28.7 Å². The number of rotatable bonds is 4. The molecule has 0 saturated heterocycles. The molecular weight excluding hydrogens is 242 g/mol. The van der Waals surface area contributed by atoms with Crippen LogP contribution in [0.5, 0.6) is 5.75 Å². The van der Waals surface area contributed by atoms with Crippen LogP contribution in [0.2, 0.25) is 0 Å². The van der Waals surface area contributed by atoms with Crippen molar-refractivity contribution in [3.8, 4) is 5.75 Å². The third-order valence-corrected chi connectivity index (χ3v) is 2.62. The maximum Gasteiger partial charge on any atom is 0.119 e. The standard InChI is InChI=1S/C11H16BrNO/c1-11(2,13-3)8-14-10-6-4-9(12)5-7-10/h4-7,13H,8H2,1-3H3. The molecule has 1 rings (SSSR count). The van der Waals surface area contributed by atoms with E-state index in [-0.39, 0.29) is 5.54 Å². The fraction of sp³-hybridized carbons (Fsp3) is 0.455. The van der Waals surface area contributed by atoms with Gasteiger partial charge in [0.05, 0.1) is 0 Å². The molecule has 14 heavy (non-hydrogen) atoms. The molecule has 1 N–H and O–H groups in total. The minimum absolute atomic E-state index is 0.00702. The molecule has 1 aromatic carbocycles. The minimum atomic E-state index is 0.00702. The Morgan fingerprint density at radius 2 is 1.86 bits per heavy atom. The molecule has 0 amide bonds. The average molecular weight is 258 g/mol. The van der Waals surface area contributed by atoms with Crippen LogP contribution in [0.25, 0.3) is 0 Å². The second-order valence-electron chi connectivity index (χ2n) is 3.88. The molecular formula is C11H16BrNO. The van der Waals surface area contributed by atoms with Gasteiger partial charge in [0.2, 0.25) is 0 Å². The molecule has 3 heteroatoms. The molecule has 78 valence electrons. The lowest BCUT2D eigenvalue weighted by Crippen LogP contribution is -2.42. The van der Waals surface area contributed by atoms with Crippen LogP contribution >= 0.6 is 15.9 Å². The summed E-state index contributed by atoms with van der Waals surface area (Å²) >= 11 is 3.38. The SMILES string of the molecule is CNC(C)(C)COc1ccc(Br)cc1. The van der Waals surface area contributed by atoms with Crippen molar-refractivity contribution in [2.24, 2.45) is 0 Å². The first-order valence-corrected chi connectivity index (χ1v) is 5.40. The number of hydrogen-bond acceptors (Lipinski definition) is 2. The van der Waals surface area contributed by atoms with Crippen molar-refractivity contribution in [3.63, 3.8) is 0 Å². The van der Waals surface area contributed by atoms with Crippen molar-refractivity contribution in [3.05, 3.63) is 28.7 Å². The van der Waals surface area contributed by atoms with E-state index in [4.69, 9.17) is 4.74 Å². The van der Waals surface area contributed by atoms with Crippen LogP contribution < -0.4 is 10.1 Å². The number of ether oxygens (including phenoxy) is 1. The summed E-state index contributed by atoms with van der Waals surface area (Å²) in [4.78, 5) is 0. The summed E-state index contributed by atoms with van der Waals surface area (Å²) < 4.78 is 6.70. The summed E-state index contributed by atoms with van der Waals surface area (Å²) in [5.74, 6) is 0.900. The van der Waals surface area contributed by atoms with E-state index in [0.29, 0.717) is 6.61 Å². The van der Waals surface area contributed by atoms with Crippen LogP contribution in [0.1, 0.15) is 13.8 Å². The Morgan fingerprint density at radius 1 is 1.29 bits per heavy atom. The summed E-state index contributed by atoms with van der Waals surface area (Å²) in [5.41, 5.74) is 0.00702. The fourth-order valence-corrected chi connectivity index (χ4v) is 1.13. The molecule has 1 aromatic rings. The Kier molecular flexibility index (Phi) is 3.96. The van der Waals surface area contributed by atoms with Gasteiger partial charge in [-0.1, -0.05) is 15.9 Å². The smallest absolute Gasteiger partial charge is 0.119 e. The van der Waals surface area contributed by atoms with Gasteiger partial charge in [-0.05, 0) is 45.2 Å². The highest BCUT2D eigenvalue weighted by molar-refractivity contribution is 9.10. The third kappa shape index (κ3) is 3.68. The lowest BCUT2D eigenvalue weighted by Gasteiger charge is -2.23. The van der Waals surface area contributed by atoms with Gasteiger partial charge in [-0.3, -0.25) is 0 Å². The van der Waals surface area contributed by atoms with Crippen LogP contribution in [0, 0.1) is 0 Å². The van der Waals surface area contributed by atoms with E-state index in [1.165, 1.54) is 0 Å². The summed E-state index contributed by atoms with van der Waals surface area (Å²) in [6.45, 7) is 4.86. The predicted molar refractivity (Wildman–Crippen MR) is 62.8 cm³/mol. The van der Waals surface area contributed by atoms with Crippen molar-refractivity contribution in [2.75, 3.05) is 13.7 Å². The van der Waals surface area contributed by atoms with Crippen molar-refractivity contribution >= 4 is 15.9 Å². The van der Waals surface area contributed by atoms with Gasteiger partial charge in [-0.2, -0.15) is 0 Å². The van der Waals surface area contributed by atoms with Crippen molar-refractivity contribution < 1.29 is 4.74 Å². The molecule has 0 atom stereocenters. The molecule has 0 saturated carbocycles. The van der Waals surface area contributed by atoms with E-state index in [1.807, 2.05) is 31.3 Å². The number of likely N-dealkylation sites (N-methyl/N-ethyl adjacent to an activating group) is 1. The second kappa shape index (κ2) is 4.80. The summed E-state index contributed by atoms with van der Waals surface area (Å²) in [5, 5.41) is 3.19. The van der Waals surface area contributed by atoms with Gasteiger partial charge >= 0.3 is 0 Å². The van der Waals surface area contributed by atoms with E-state index in [9.17, 15) is 0 Å². The Balaban J connectivity index is 2.50. The van der Waals surface area contributed by atoms with Crippen LogP contribution in [0.4, 0.5) is 0 Å². The minimum Gasteiger partial charge on any atom is -0.492 e. The van der Waals surface area contributed by atoms with Crippen LogP contribution in [0.3, 0.4) is 0 Å². The largest absolute Gasteiger partial charge is 0.492 e. The van der Waals surface area contributed by atoms with E-state index in [2.05, 4.69) is 35.1 Å². The van der Waals surface area contributed by atoms with Gasteiger partial charge in [0.25, 0.3) is 0 Å². The van der Waals surface area contributed by atoms with Gasteiger partial charge in [-0.15, -0.1) is 0 Å². The molecule has 0 aliphatic heterocycles. The molecule has 0 aliphatic carbocycles. The lowest BCUT2D eigenvalue weighted by molar-refractivity contribution is 0.217. The van der Waals surface area contributed by atoms with Gasteiger partial charge in [-0.25, -0.2) is 0 Å². The number of benzene rings is 1. The molecule has 0 aliphatic rings. The Hall–Kier alpha value is -0.540. The summed E-state index contributed by atoms with van der Waals surface area (Å²) in [6.07, 6.45) is 0. The first kappa shape index (κ1) is 11.5. The molecule has 2 nitrogen and oxygen atoms in total. The molecule has 0 radical (unpaired) electrons. The molecule has 0 fully saturated rings. The third-order valence-electron chi connectivity index (χ3n) is 2.09. The van der Waals surface area contributed by atoms with Crippen LogP contribution in [-0.4, -0.2) is 19.2 Å². The van der Waals surface area contributed by atoms with Gasteiger partial charge in [0, 0.05) is 10.0 Å². The van der Waals surface area contributed by atoms with Crippen molar-refractivity contribution in [1.82, 2.24) is 5.32 Å². The lowest BCUT2D eigenvalue weighted by atomic mass is 10.1. The van der Waals surface area contributed by atoms with Crippen molar-refractivity contribution in [1.29, 1.82) is 0 Å². The average Bonchev–Trinajstić information content (AvgIpc) is 2.17. The molecule has 0 bridgehead atoms. The second-order valence-corrected chi connectivity index (χ2v) is 4.79. The summed E-state index contributed by atoms with van der Waals surface area (Å²) in [7, 11) is 1.94. The number of hydrogen-bond donors (Lipinski definition) is 1. The highest BCUT2D eigenvalue weighted by Gasteiger charge is 2.15. The fourth-order valence-electron chi connectivity index (χ4n) is 0.867. The zero-order valence-electron chi connectivity index (χ0n) is 8.80. The predicted octanol–water partition coefficient (Wildman–Crippen LogP) is 2.83. The van der Waals surface area contributed by atoms with E-state index in [0.717, 1.165) is 10.2 Å². The normalized spacial score (nSPS) is 11.4. The van der Waals surface area contributed by atoms with E-state index in [1.54, 1.807) is 0 Å². The quantitative estimate of drug-likeness (QED) is 0.896. The molecule has 0 aromatic heterocycles. The highest BCUT2D eigenvalue weighted by Crippen LogP contribution is 2.17. The Morgan fingerprint density at radius 3 is 2.36 bits per heavy atom. The maximum absolute atomic E-state index is 5.63. The number of halogens is 1. The maximum atomic E-state index is 5.63. The topological polar surface area (TPSA) is 21.3 Å². The van der Waals surface area contributed by atoms with Gasteiger partial charge < -0.3 is 10.1 Å². The first-order valence-electron chi connectivity index (χ1n) is 4.61. The molecule has 0 spiro atoms.